The van der Waals surface area contributed by atoms with Gasteiger partial charge in [0, 0.05) is 45.4 Å². The van der Waals surface area contributed by atoms with Crippen LogP contribution in [-0.4, -0.2) is 96.3 Å². The highest BCUT2D eigenvalue weighted by Crippen LogP contribution is 2.11. The third-order valence-electron chi connectivity index (χ3n) is 5.00. The predicted molar refractivity (Wildman–Crippen MR) is 111 cm³/mol. The van der Waals surface area contributed by atoms with E-state index < -0.39 is 10.0 Å². The molecule has 0 aliphatic carbocycles. The molecule has 0 bridgehead atoms. The van der Waals surface area contributed by atoms with Gasteiger partial charge in [0.15, 0.2) is 5.96 Å². The van der Waals surface area contributed by atoms with E-state index in [4.69, 9.17) is 9.47 Å². The standard InChI is InChI=1S/C18H37N5O4S/c1-3-19-18(21-14-16(2)23-8-11-26-12-9-23)20-7-13-28(24,25)22-15-17-6-4-5-10-27-17/h16-17,22H,3-15H2,1-2H3,(H2,19,20,21). The second kappa shape index (κ2) is 12.6. The van der Waals surface area contributed by atoms with Gasteiger partial charge in [-0.3, -0.25) is 9.89 Å². The predicted octanol–water partition coefficient (Wildman–Crippen LogP) is -0.249. The van der Waals surface area contributed by atoms with Crippen molar-refractivity contribution in [1.29, 1.82) is 0 Å². The van der Waals surface area contributed by atoms with E-state index in [2.05, 4.69) is 32.2 Å². The molecule has 164 valence electrons. The molecule has 0 spiro atoms. The van der Waals surface area contributed by atoms with Gasteiger partial charge in [0.1, 0.15) is 0 Å². The van der Waals surface area contributed by atoms with Gasteiger partial charge in [0.25, 0.3) is 0 Å². The van der Waals surface area contributed by atoms with Crippen LogP contribution in [0.2, 0.25) is 0 Å². The van der Waals surface area contributed by atoms with Gasteiger partial charge < -0.3 is 20.1 Å². The van der Waals surface area contributed by atoms with Gasteiger partial charge in [-0.1, -0.05) is 0 Å². The Morgan fingerprint density at radius 3 is 2.68 bits per heavy atom. The zero-order chi connectivity index (χ0) is 20.2. The number of hydrogen-bond acceptors (Lipinski definition) is 6. The fraction of sp³-hybridized carbons (Fsp3) is 0.944. The topological polar surface area (TPSA) is 104 Å². The summed E-state index contributed by atoms with van der Waals surface area (Å²) in [6.07, 6.45) is 3.07. The van der Waals surface area contributed by atoms with E-state index in [0.29, 0.717) is 31.6 Å². The van der Waals surface area contributed by atoms with Crippen LogP contribution in [0.25, 0.3) is 0 Å². The summed E-state index contributed by atoms with van der Waals surface area (Å²) < 4.78 is 38.0. The molecular formula is C18H37N5O4S. The Labute approximate surface area is 169 Å². The maximum absolute atomic E-state index is 12.2. The Balaban J connectivity index is 1.71. The number of ether oxygens (including phenoxy) is 2. The monoisotopic (exact) mass is 419 g/mol. The lowest BCUT2D eigenvalue weighted by molar-refractivity contribution is 0.0200. The normalized spacial score (nSPS) is 23.4. The average Bonchev–Trinajstić information content (AvgIpc) is 2.71. The molecule has 2 atom stereocenters. The van der Waals surface area contributed by atoms with Crippen LogP contribution in [-0.2, 0) is 19.5 Å². The summed E-state index contributed by atoms with van der Waals surface area (Å²) in [5.74, 6) is 0.650. The van der Waals surface area contributed by atoms with Crippen LogP contribution in [0, 0.1) is 0 Å². The molecule has 9 nitrogen and oxygen atoms in total. The van der Waals surface area contributed by atoms with E-state index in [-0.39, 0.29) is 11.9 Å². The molecule has 2 aliphatic rings. The van der Waals surface area contributed by atoms with Crippen molar-refractivity contribution < 1.29 is 17.9 Å². The Kier molecular flexibility index (Phi) is 10.5. The Morgan fingerprint density at radius 1 is 1.21 bits per heavy atom. The van der Waals surface area contributed by atoms with Crippen LogP contribution in [0.4, 0.5) is 0 Å². The molecule has 0 aromatic heterocycles. The van der Waals surface area contributed by atoms with E-state index in [1.54, 1.807) is 0 Å². The van der Waals surface area contributed by atoms with Gasteiger partial charge in [-0.15, -0.1) is 0 Å². The maximum atomic E-state index is 12.2. The van der Waals surface area contributed by atoms with Gasteiger partial charge in [0.2, 0.25) is 10.0 Å². The van der Waals surface area contributed by atoms with E-state index in [1.807, 2.05) is 6.92 Å². The van der Waals surface area contributed by atoms with Gasteiger partial charge in [-0.05, 0) is 33.1 Å². The van der Waals surface area contributed by atoms with Crippen LogP contribution in [0.15, 0.2) is 4.99 Å². The third-order valence-corrected chi connectivity index (χ3v) is 6.34. The number of guanidine groups is 1. The van der Waals surface area contributed by atoms with Crippen molar-refractivity contribution in [2.24, 2.45) is 4.99 Å². The van der Waals surface area contributed by atoms with Crippen LogP contribution in [0.3, 0.4) is 0 Å². The van der Waals surface area contributed by atoms with Crippen LogP contribution in [0.5, 0.6) is 0 Å². The first-order chi connectivity index (χ1) is 13.5. The van der Waals surface area contributed by atoms with Gasteiger partial charge in [-0.25, -0.2) is 13.1 Å². The first kappa shape index (κ1) is 23.3. The second-order valence-electron chi connectivity index (χ2n) is 7.30. The molecule has 0 amide bonds. The number of hydrogen-bond donors (Lipinski definition) is 3. The van der Waals surface area contributed by atoms with Crippen molar-refractivity contribution in [3.63, 3.8) is 0 Å². The van der Waals surface area contributed by atoms with E-state index in [1.165, 1.54) is 0 Å². The van der Waals surface area contributed by atoms with E-state index >= 15 is 0 Å². The molecule has 2 rings (SSSR count). The molecule has 2 saturated heterocycles. The van der Waals surface area contributed by atoms with Crippen molar-refractivity contribution in [1.82, 2.24) is 20.3 Å². The highest BCUT2D eigenvalue weighted by Gasteiger charge is 2.18. The molecule has 0 saturated carbocycles. The lowest BCUT2D eigenvalue weighted by Crippen LogP contribution is -2.45. The molecule has 0 radical (unpaired) electrons. The summed E-state index contributed by atoms with van der Waals surface area (Å²) in [5.41, 5.74) is 0. The van der Waals surface area contributed by atoms with Gasteiger partial charge in [-0.2, -0.15) is 0 Å². The molecule has 0 aromatic rings. The van der Waals surface area contributed by atoms with Crippen LogP contribution >= 0.6 is 0 Å². The molecule has 28 heavy (non-hydrogen) atoms. The Hall–Kier alpha value is -0.940. The van der Waals surface area contributed by atoms with Gasteiger partial charge in [0.05, 0.1) is 31.6 Å². The SMILES string of the molecule is CCNC(=NCC(C)N1CCOCC1)NCCS(=O)(=O)NCC1CCCCO1. The molecule has 10 heteroatoms. The van der Waals surface area contributed by atoms with Crippen LogP contribution in [0.1, 0.15) is 33.1 Å². The molecule has 2 fully saturated rings. The fourth-order valence-corrected chi connectivity index (χ4v) is 4.22. The number of morpholine rings is 1. The highest BCUT2D eigenvalue weighted by molar-refractivity contribution is 7.89. The highest BCUT2D eigenvalue weighted by atomic mass is 32.2. The van der Waals surface area contributed by atoms with Crippen molar-refractivity contribution in [2.75, 3.05) is 64.8 Å². The Bertz CT molecular complexity index is 560. The smallest absolute Gasteiger partial charge is 0.213 e. The lowest BCUT2D eigenvalue weighted by atomic mass is 10.1. The number of sulfonamides is 1. The zero-order valence-corrected chi connectivity index (χ0v) is 18.1. The second-order valence-corrected chi connectivity index (χ2v) is 9.23. The average molecular weight is 420 g/mol. The maximum Gasteiger partial charge on any atom is 0.213 e. The van der Waals surface area contributed by atoms with Crippen molar-refractivity contribution in [2.45, 2.75) is 45.3 Å². The van der Waals surface area contributed by atoms with Crippen molar-refractivity contribution in [3.05, 3.63) is 0 Å². The molecule has 2 unspecified atom stereocenters. The van der Waals surface area contributed by atoms with E-state index in [0.717, 1.165) is 58.7 Å². The molecule has 3 N–H and O–H groups in total. The fourth-order valence-electron chi connectivity index (χ4n) is 3.26. The third kappa shape index (κ3) is 9.04. The largest absolute Gasteiger partial charge is 0.379 e. The van der Waals surface area contributed by atoms with Crippen molar-refractivity contribution >= 4 is 16.0 Å². The molecule has 2 heterocycles. The Morgan fingerprint density at radius 2 is 2.00 bits per heavy atom. The first-order valence-corrected chi connectivity index (χ1v) is 12.1. The number of nitrogens with one attached hydrogen (secondary N) is 3. The lowest BCUT2D eigenvalue weighted by Gasteiger charge is -2.31. The van der Waals surface area contributed by atoms with E-state index in [9.17, 15) is 8.42 Å². The summed E-state index contributed by atoms with van der Waals surface area (Å²) in [6.45, 7) is 10.3. The summed E-state index contributed by atoms with van der Waals surface area (Å²) in [4.78, 5) is 6.96. The number of rotatable bonds is 10. The molecular weight excluding hydrogens is 382 g/mol. The minimum atomic E-state index is -3.34. The summed E-state index contributed by atoms with van der Waals surface area (Å²) in [5, 5.41) is 6.29. The summed E-state index contributed by atoms with van der Waals surface area (Å²) in [7, 11) is -3.34. The first-order valence-electron chi connectivity index (χ1n) is 10.4. The molecule has 0 aromatic carbocycles. The van der Waals surface area contributed by atoms with Crippen molar-refractivity contribution in [3.8, 4) is 0 Å². The summed E-state index contributed by atoms with van der Waals surface area (Å²) in [6, 6.07) is 0.320. The minimum Gasteiger partial charge on any atom is -0.379 e. The molecule has 2 aliphatic heterocycles. The van der Waals surface area contributed by atoms with Gasteiger partial charge >= 0.3 is 0 Å². The quantitative estimate of drug-likeness (QED) is 0.331. The van der Waals surface area contributed by atoms with Crippen LogP contribution < -0.4 is 15.4 Å². The zero-order valence-electron chi connectivity index (χ0n) is 17.3. The number of nitrogens with zero attached hydrogens (tertiary/aromatic N) is 2. The summed E-state index contributed by atoms with van der Waals surface area (Å²) >= 11 is 0. The number of aliphatic imine (C=N–C) groups is 1. The minimum absolute atomic E-state index is 0.00274.